The van der Waals surface area contributed by atoms with Crippen molar-refractivity contribution in [3.8, 4) is 0 Å². The molecule has 0 spiro atoms. The second-order valence-electron chi connectivity index (χ2n) is 3.12. The van der Waals surface area contributed by atoms with Gasteiger partial charge in [0, 0.05) is 10.3 Å². The van der Waals surface area contributed by atoms with E-state index in [-0.39, 0.29) is 5.91 Å². The van der Waals surface area contributed by atoms with Gasteiger partial charge < -0.3 is 0 Å². The van der Waals surface area contributed by atoms with Crippen molar-refractivity contribution in [3.05, 3.63) is 27.7 Å². The number of rotatable bonds is 2. The predicted octanol–water partition coefficient (Wildman–Crippen LogP) is 1.74. The maximum absolute atomic E-state index is 11.8. The Labute approximate surface area is 90.6 Å². The first-order valence-corrected chi connectivity index (χ1v) is 5.28. The van der Waals surface area contributed by atoms with Crippen LogP contribution in [-0.2, 0) is 0 Å². The monoisotopic (exact) mass is 222 g/mol. The van der Waals surface area contributed by atoms with Crippen molar-refractivity contribution in [3.63, 3.8) is 0 Å². The molecule has 0 bridgehead atoms. The summed E-state index contributed by atoms with van der Waals surface area (Å²) in [6, 6.07) is 0. The van der Waals surface area contributed by atoms with Crippen molar-refractivity contribution in [2.75, 3.05) is 5.32 Å². The van der Waals surface area contributed by atoms with Crippen LogP contribution in [0.4, 0.5) is 5.95 Å². The van der Waals surface area contributed by atoms with Crippen molar-refractivity contribution in [1.29, 1.82) is 0 Å². The molecule has 2 aromatic heterocycles. The molecule has 0 fully saturated rings. The van der Waals surface area contributed by atoms with Crippen LogP contribution >= 0.6 is 11.3 Å². The Morgan fingerprint density at radius 3 is 2.87 bits per heavy atom. The summed E-state index contributed by atoms with van der Waals surface area (Å²) in [6.45, 7) is 3.92. The van der Waals surface area contributed by atoms with E-state index in [0.717, 1.165) is 10.4 Å². The van der Waals surface area contributed by atoms with Gasteiger partial charge in [-0.3, -0.25) is 10.1 Å². The molecule has 0 radical (unpaired) electrons. The number of hydrogen-bond donors (Lipinski definition) is 2. The summed E-state index contributed by atoms with van der Waals surface area (Å²) in [5.74, 6) is 0.205. The molecule has 78 valence electrons. The molecular weight excluding hydrogens is 212 g/mol. The molecular formula is C9H10N4OS. The number of carbonyl (C=O) groups excluding carboxylic acids is 1. The highest BCUT2D eigenvalue weighted by atomic mass is 32.1. The number of aryl methyl sites for hydroxylation is 1. The Morgan fingerprint density at radius 1 is 1.53 bits per heavy atom. The van der Waals surface area contributed by atoms with Crippen molar-refractivity contribution >= 4 is 23.2 Å². The van der Waals surface area contributed by atoms with Crippen LogP contribution in [0.15, 0.2) is 11.7 Å². The minimum Gasteiger partial charge on any atom is -0.291 e. The highest BCUT2D eigenvalue weighted by Gasteiger charge is 2.13. The third-order valence-electron chi connectivity index (χ3n) is 2.18. The van der Waals surface area contributed by atoms with Gasteiger partial charge in [0.15, 0.2) is 0 Å². The van der Waals surface area contributed by atoms with Crippen LogP contribution in [0.25, 0.3) is 0 Å². The third-order valence-corrected chi connectivity index (χ3v) is 3.19. The minimum atomic E-state index is -0.159. The van der Waals surface area contributed by atoms with Crippen LogP contribution in [0, 0.1) is 13.8 Å². The number of nitrogens with zero attached hydrogens (tertiary/aromatic N) is 2. The summed E-state index contributed by atoms with van der Waals surface area (Å²) in [4.78, 5) is 16.7. The summed E-state index contributed by atoms with van der Waals surface area (Å²) >= 11 is 1.56. The van der Waals surface area contributed by atoms with E-state index >= 15 is 0 Å². The maximum atomic E-state index is 11.8. The van der Waals surface area contributed by atoms with Crippen LogP contribution in [0.2, 0.25) is 0 Å². The van der Waals surface area contributed by atoms with Gasteiger partial charge in [0.25, 0.3) is 5.91 Å². The fraction of sp³-hybridized carbons (Fsp3) is 0.222. The lowest BCUT2D eigenvalue weighted by atomic mass is 10.2. The van der Waals surface area contributed by atoms with Gasteiger partial charge in [-0.15, -0.1) is 11.3 Å². The van der Waals surface area contributed by atoms with E-state index in [2.05, 4.69) is 20.5 Å². The lowest BCUT2D eigenvalue weighted by Gasteiger charge is -2.00. The fourth-order valence-electron chi connectivity index (χ4n) is 1.18. The molecule has 1 amide bonds. The first-order chi connectivity index (χ1) is 7.18. The van der Waals surface area contributed by atoms with Gasteiger partial charge in [0.05, 0.1) is 5.56 Å². The lowest BCUT2D eigenvalue weighted by Crippen LogP contribution is -2.13. The van der Waals surface area contributed by atoms with E-state index in [1.54, 1.807) is 11.3 Å². The summed E-state index contributed by atoms with van der Waals surface area (Å²) in [5, 5.41) is 10.7. The molecule has 15 heavy (non-hydrogen) atoms. The largest absolute Gasteiger partial charge is 0.291 e. The van der Waals surface area contributed by atoms with Crippen LogP contribution in [0.1, 0.15) is 20.8 Å². The average molecular weight is 222 g/mol. The van der Waals surface area contributed by atoms with E-state index in [4.69, 9.17) is 0 Å². The number of anilines is 1. The molecule has 0 saturated heterocycles. The third kappa shape index (κ3) is 1.89. The van der Waals surface area contributed by atoms with Crippen LogP contribution in [-0.4, -0.2) is 21.1 Å². The van der Waals surface area contributed by atoms with Gasteiger partial charge in [-0.1, -0.05) is 0 Å². The molecule has 0 aliphatic heterocycles. The number of nitrogens with one attached hydrogen (secondary N) is 2. The Kier molecular flexibility index (Phi) is 2.51. The standard InChI is InChI=1S/C9H10N4OS/c1-5-6(2)15-3-7(5)8(14)12-9-10-4-11-13-9/h3-4H,1-2H3,(H2,10,11,12,13,14). The second-order valence-corrected chi connectivity index (χ2v) is 4.20. The molecule has 0 unspecified atom stereocenters. The molecule has 0 aliphatic rings. The Balaban J connectivity index is 2.19. The Bertz CT molecular complexity index is 474. The highest BCUT2D eigenvalue weighted by molar-refractivity contribution is 7.10. The summed E-state index contributed by atoms with van der Waals surface area (Å²) in [5.41, 5.74) is 1.70. The minimum absolute atomic E-state index is 0.159. The van der Waals surface area contributed by atoms with Crippen molar-refractivity contribution in [1.82, 2.24) is 15.2 Å². The summed E-state index contributed by atoms with van der Waals surface area (Å²) in [7, 11) is 0. The van der Waals surface area contributed by atoms with Crippen LogP contribution in [0.3, 0.4) is 0 Å². The SMILES string of the molecule is Cc1scc(C(=O)Nc2ncn[nH]2)c1C. The molecule has 2 heterocycles. The fourth-order valence-corrected chi connectivity index (χ4v) is 2.04. The van der Waals surface area contributed by atoms with Gasteiger partial charge in [-0.05, 0) is 19.4 Å². The van der Waals surface area contributed by atoms with Crippen molar-refractivity contribution in [2.45, 2.75) is 13.8 Å². The zero-order valence-electron chi connectivity index (χ0n) is 8.37. The van der Waals surface area contributed by atoms with E-state index in [9.17, 15) is 4.79 Å². The number of amides is 1. The Hall–Kier alpha value is -1.69. The Morgan fingerprint density at radius 2 is 2.33 bits per heavy atom. The van der Waals surface area contributed by atoms with Crippen LogP contribution < -0.4 is 5.32 Å². The van der Waals surface area contributed by atoms with Gasteiger partial charge in [-0.2, -0.15) is 10.1 Å². The lowest BCUT2D eigenvalue weighted by molar-refractivity contribution is 0.102. The first-order valence-electron chi connectivity index (χ1n) is 4.40. The molecule has 5 nitrogen and oxygen atoms in total. The van der Waals surface area contributed by atoms with Crippen molar-refractivity contribution < 1.29 is 4.79 Å². The highest BCUT2D eigenvalue weighted by Crippen LogP contribution is 2.20. The van der Waals surface area contributed by atoms with Gasteiger partial charge in [0.1, 0.15) is 6.33 Å². The number of thiophene rings is 1. The number of hydrogen-bond acceptors (Lipinski definition) is 4. The number of aromatic nitrogens is 3. The van der Waals surface area contributed by atoms with Gasteiger partial charge >= 0.3 is 0 Å². The van der Waals surface area contributed by atoms with E-state index in [1.807, 2.05) is 19.2 Å². The molecule has 0 atom stereocenters. The zero-order chi connectivity index (χ0) is 10.8. The molecule has 2 aromatic rings. The first kappa shape index (κ1) is 9.85. The average Bonchev–Trinajstić information content (AvgIpc) is 2.79. The summed E-state index contributed by atoms with van der Waals surface area (Å²) < 4.78 is 0. The zero-order valence-corrected chi connectivity index (χ0v) is 9.18. The molecule has 0 aliphatic carbocycles. The number of carbonyl (C=O) groups is 1. The van der Waals surface area contributed by atoms with Crippen molar-refractivity contribution in [2.24, 2.45) is 0 Å². The quantitative estimate of drug-likeness (QED) is 0.813. The van der Waals surface area contributed by atoms with Gasteiger partial charge in [0.2, 0.25) is 5.95 Å². The topological polar surface area (TPSA) is 70.7 Å². The predicted molar refractivity (Wildman–Crippen MR) is 58.1 cm³/mol. The summed E-state index contributed by atoms with van der Waals surface area (Å²) in [6.07, 6.45) is 1.35. The molecule has 2 rings (SSSR count). The molecule has 2 N–H and O–H groups in total. The smallest absolute Gasteiger partial charge is 0.259 e. The molecule has 0 saturated carbocycles. The number of aromatic amines is 1. The second kappa shape index (κ2) is 3.82. The van der Waals surface area contributed by atoms with Gasteiger partial charge in [-0.25, -0.2) is 5.10 Å². The van der Waals surface area contributed by atoms with E-state index in [0.29, 0.717) is 11.5 Å². The molecule has 0 aromatic carbocycles. The normalized spacial score (nSPS) is 10.3. The van der Waals surface area contributed by atoms with Crippen LogP contribution in [0.5, 0.6) is 0 Å². The number of H-pyrrole nitrogens is 1. The van der Waals surface area contributed by atoms with E-state index < -0.39 is 0 Å². The maximum Gasteiger partial charge on any atom is 0.259 e. The van der Waals surface area contributed by atoms with E-state index in [1.165, 1.54) is 6.33 Å². The molecule has 6 heteroatoms.